The fourth-order valence-electron chi connectivity index (χ4n) is 5.28. The number of ether oxygens (including phenoxy) is 1. The van der Waals surface area contributed by atoms with Crippen molar-refractivity contribution in [3.8, 4) is 0 Å². The fraction of sp³-hybridized carbons (Fsp3) is 0.611. The number of aliphatic hydroxyl groups excluding tert-OH is 1. The minimum atomic E-state index is -3.49. The van der Waals surface area contributed by atoms with Gasteiger partial charge in [0.05, 0.1) is 24.4 Å². The Kier molecular flexibility index (Phi) is 17.6. The van der Waals surface area contributed by atoms with Crippen molar-refractivity contribution in [3.63, 3.8) is 0 Å². The number of alkyl carbamates (subject to hydrolysis) is 1. The summed E-state index contributed by atoms with van der Waals surface area (Å²) in [7, 11) is 0.274. The van der Waals surface area contributed by atoms with Gasteiger partial charge in [0.25, 0.3) is 0 Å². The first kappa shape index (κ1) is 43.2. The van der Waals surface area contributed by atoms with Crippen LogP contribution in [0.1, 0.15) is 71.0 Å². The molecular formula is C36H57N5O9S. The number of hydrogen-bond acceptors (Lipinski definition) is 10. The molecule has 51 heavy (non-hydrogen) atoms. The van der Waals surface area contributed by atoms with Gasteiger partial charge in [-0.1, -0.05) is 65.0 Å². The molecule has 0 saturated heterocycles. The summed E-state index contributed by atoms with van der Waals surface area (Å²) in [6.07, 6.45) is -1.05. The van der Waals surface area contributed by atoms with Gasteiger partial charge in [-0.2, -0.15) is 0 Å². The van der Waals surface area contributed by atoms with E-state index in [1.54, 1.807) is 19.1 Å². The highest BCUT2D eigenvalue weighted by molar-refractivity contribution is 7.90. The maximum absolute atomic E-state index is 13.5. The van der Waals surface area contributed by atoms with E-state index in [4.69, 9.17) is 9.15 Å². The van der Waals surface area contributed by atoms with Gasteiger partial charge in [-0.05, 0) is 62.9 Å². The normalized spacial score (nSPS) is 14.7. The molecule has 0 radical (unpaired) electrons. The smallest absolute Gasteiger partial charge is 0.408 e. The second kappa shape index (κ2) is 20.8. The summed E-state index contributed by atoms with van der Waals surface area (Å²) >= 11 is 0. The lowest BCUT2D eigenvalue weighted by molar-refractivity contribution is -0.132. The zero-order valence-electron chi connectivity index (χ0n) is 31.1. The molecule has 4 amide bonds. The number of nitrogens with zero attached hydrogens (tertiary/aromatic N) is 1. The van der Waals surface area contributed by atoms with Crippen LogP contribution in [0, 0.1) is 17.8 Å². The van der Waals surface area contributed by atoms with Gasteiger partial charge in [0.2, 0.25) is 17.7 Å². The topological polar surface area (TPSA) is 196 Å². The first-order valence-corrected chi connectivity index (χ1v) is 19.3. The molecule has 2 rings (SSSR count). The Morgan fingerprint density at radius 2 is 1.51 bits per heavy atom. The van der Waals surface area contributed by atoms with E-state index in [2.05, 4.69) is 21.3 Å². The van der Waals surface area contributed by atoms with Crippen LogP contribution in [0.4, 0.5) is 4.79 Å². The molecule has 0 saturated carbocycles. The third-order valence-corrected chi connectivity index (χ3v) is 9.01. The molecule has 15 heteroatoms. The SMILES string of the molecule is CC(C)C[C@H](NC(=O)[C@H](CCS(C)(=O)=O)NC(=O)OCc1ccc(CN(C)C)o1)[C@@H](O)C[C@@H](C)C(=O)N[C@H](C(=O)NCc1ccccc1)C(C)C. The quantitative estimate of drug-likeness (QED) is 0.127. The summed E-state index contributed by atoms with van der Waals surface area (Å²) in [5.74, 6) is -1.71. The van der Waals surface area contributed by atoms with Gasteiger partial charge in [-0.3, -0.25) is 14.4 Å². The molecule has 2 aromatic rings. The molecule has 0 fully saturated rings. The van der Waals surface area contributed by atoms with E-state index in [0.29, 0.717) is 31.0 Å². The van der Waals surface area contributed by atoms with E-state index in [1.165, 1.54) is 0 Å². The van der Waals surface area contributed by atoms with Crippen LogP contribution in [0.25, 0.3) is 0 Å². The second-order valence-electron chi connectivity index (χ2n) is 14.2. The van der Waals surface area contributed by atoms with E-state index in [-0.39, 0.29) is 42.9 Å². The Hall–Kier alpha value is -3.95. The average Bonchev–Trinajstić information content (AvgIpc) is 3.48. The number of aliphatic hydroxyl groups is 1. The van der Waals surface area contributed by atoms with E-state index in [1.807, 2.05) is 77.0 Å². The maximum atomic E-state index is 13.5. The summed E-state index contributed by atoms with van der Waals surface area (Å²) in [5, 5.41) is 22.2. The largest absolute Gasteiger partial charge is 0.461 e. The van der Waals surface area contributed by atoms with Crippen molar-refractivity contribution in [2.45, 2.75) is 97.8 Å². The molecule has 0 unspecified atom stereocenters. The zero-order chi connectivity index (χ0) is 38.3. The van der Waals surface area contributed by atoms with Crippen molar-refractivity contribution < 1.29 is 41.9 Å². The number of benzene rings is 1. The molecule has 1 aromatic heterocycles. The van der Waals surface area contributed by atoms with Crippen LogP contribution >= 0.6 is 0 Å². The zero-order valence-corrected chi connectivity index (χ0v) is 31.9. The van der Waals surface area contributed by atoms with Crippen molar-refractivity contribution in [1.82, 2.24) is 26.2 Å². The van der Waals surface area contributed by atoms with Crippen LogP contribution in [0.15, 0.2) is 46.9 Å². The number of nitrogens with one attached hydrogen (secondary N) is 4. The average molecular weight is 736 g/mol. The molecule has 0 aliphatic heterocycles. The van der Waals surface area contributed by atoms with Crippen molar-refractivity contribution in [3.05, 3.63) is 59.5 Å². The predicted molar refractivity (Wildman–Crippen MR) is 194 cm³/mol. The molecule has 286 valence electrons. The molecule has 1 heterocycles. The van der Waals surface area contributed by atoms with Gasteiger partial charge in [0.15, 0.2) is 6.61 Å². The lowest BCUT2D eigenvalue weighted by atomic mass is 9.91. The van der Waals surface area contributed by atoms with Crippen molar-refractivity contribution in [2.24, 2.45) is 17.8 Å². The maximum Gasteiger partial charge on any atom is 0.408 e. The Bertz CT molecular complexity index is 1510. The number of hydrogen-bond donors (Lipinski definition) is 5. The summed E-state index contributed by atoms with van der Waals surface area (Å²) < 4.78 is 34.8. The highest BCUT2D eigenvalue weighted by atomic mass is 32.2. The lowest BCUT2D eigenvalue weighted by Gasteiger charge is -2.30. The van der Waals surface area contributed by atoms with Gasteiger partial charge in [-0.25, -0.2) is 13.2 Å². The first-order chi connectivity index (χ1) is 23.8. The summed E-state index contributed by atoms with van der Waals surface area (Å²) in [5.41, 5.74) is 0.920. The van der Waals surface area contributed by atoms with Crippen molar-refractivity contribution >= 4 is 33.7 Å². The predicted octanol–water partition coefficient (Wildman–Crippen LogP) is 2.75. The number of furan rings is 1. The second-order valence-corrected chi connectivity index (χ2v) is 16.4. The van der Waals surface area contributed by atoms with Crippen LogP contribution < -0.4 is 21.3 Å². The van der Waals surface area contributed by atoms with E-state index in [9.17, 15) is 32.7 Å². The van der Waals surface area contributed by atoms with Gasteiger partial charge in [0.1, 0.15) is 33.4 Å². The van der Waals surface area contributed by atoms with Crippen LogP contribution in [0.5, 0.6) is 0 Å². The van der Waals surface area contributed by atoms with E-state index in [0.717, 1.165) is 11.8 Å². The highest BCUT2D eigenvalue weighted by Crippen LogP contribution is 2.17. The Balaban J connectivity index is 2.07. The molecule has 0 spiro atoms. The summed E-state index contributed by atoms with van der Waals surface area (Å²) in [6, 6.07) is 9.90. The Morgan fingerprint density at radius 1 is 0.863 bits per heavy atom. The van der Waals surface area contributed by atoms with Crippen LogP contribution in [0.3, 0.4) is 0 Å². The number of amides is 4. The molecule has 5 N–H and O–H groups in total. The minimum Gasteiger partial charge on any atom is -0.461 e. The standard InChI is InChI=1S/C36H57N5O9S/c1-23(2)18-30(31(42)19-25(5)33(43)40-32(24(3)4)35(45)37-20-26-12-10-9-11-13-26)38-34(44)29(16-17-51(8,47)48)39-36(46)49-22-28-15-14-27(50-28)21-41(6)7/h9-15,23-25,29-32,42H,16-22H2,1-8H3,(H,37,45)(H,38,44)(H,39,46)(H,40,43)/t25-,29+,30+,31+,32+/m1/s1. The molecule has 0 aliphatic rings. The Morgan fingerprint density at radius 3 is 2.10 bits per heavy atom. The third-order valence-electron chi connectivity index (χ3n) is 8.04. The lowest BCUT2D eigenvalue weighted by Crippen LogP contribution is -2.54. The van der Waals surface area contributed by atoms with E-state index < -0.39 is 57.9 Å². The molecular weight excluding hydrogens is 678 g/mol. The molecule has 5 atom stereocenters. The van der Waals surface area contributed by atoms with Crippen molar-refractivity contribution in [1.29, 1.82) is 0 Å². The fourth-order valence-corrected chi connectivity index (χ4v) is 5.94. The third kappa shape index (κ3) is 16.7. The van der Waals surface area contributed by atoms with Gasteiger partial charge >= 0.3 is 6.09 Å². The minimum absolute atomic E-state index is 0.0193. The van der Waals surface area contributed by atoms with Gasteiger partial charge in [0, 0.05) is 18.7 Å². The van der Waals surface area contributed by atoms with E-state index >= 15 is 0 Å². The van der Waals surface area contributed by atoms with Crippen molar-refractivity contribution in [2.75, 3.05) is 26.1 Å². The first-order valence-electron chi connectivity index (χ1n) is 17.3. The monoisotopic (exact) mass is 735 g/mol. The van der Waals surface area contributed by atoms with Crippen LogP contribution in [0.2, 0.25) is 0 Å². The van der Waals surface area contributed by atoms with Crippen LogP contribution in [-0.2, 0) is 48.7 Å². The van der Waals surface area contributed by atoms with Gasteiger partial charge in [-0.15, -0.1) is 0 Å². The molecule has 0 aliphatic carbocycles. The number of carbonyl (C=O) groups is 4. The molecule has 1 aromatic carbocycles. The molecule has 14 nitrogen and oxygen atoms in total. The number of rotatable bonds is 21. The Labute approximate surface area is 302 Å². The molecule has 0 bridgehead atoms. The number of carbonyl (C=O) groups excluding carboxylic acids is 4. The summed E-state index contributed by atoms with van der Waals surface area (Å²) in [6.45, 7) is 9.73. The van der Waals surface area contributed by atoms with Crippen LogP contribution in [-0.4, -0.2) is 92.6 Å². The summed E-state index contributed by atoms with van der Waals surface area (Å²) in [4.78, 5) is 54.4. The highest BCUT2D eigenvalue weighted by Gasteiger charge is 2.32. The number of sulfone groups is 1. The van der Waals surface area contributed by atoms with Gasteiger partial charge < -0.3 is 40.4 Å².